The van der Waals surface area contributed by atoms with E-state index in [2.05, 4.69) is 15.0 Å². The molecule has 0 aliphatic rings. The van der Waals surface area contributed by atoms with Crippen LogP contribution in [0.4, 0.5) is 0 Å². The van der Waals surface area contributed by atoms with Gasteiger partial charge in [-0.3, -0.25) is 10.1 Å². The van der Waals surface area contributed by atoms with E-state index in [1.54, 1.807) is 49.9 Å². The van der Waals surface area contributed by atoms with Crippen molar-refractivity contribution in [2.45, 2.75) is 73.3 Å². The predicted molar refractivity (Wildman–Crippen MR) is 117 cm³/mol. The fourth-order valence-corrected chi connectivity index (χ4v) is 2.11. The summed E-state index contributed by atoms with van der Waals surface area (Å²) in [6.07, 6.45) is 2.88. The number of quaternary nitrogens is 1. The van der Waals surface area contributed by atoms with Gasteiger partial charge < -0.3 is 15.8 Å². The average Bonchev–Trinajstić information content (AvgIpc) is 2.75. The summed E-state index contributed by atoms with van der Waals surface area (Å²) in [5.41, 5.74) is 7.68. The molecule has 1 amide bonds. The van der Waals surface area contributed by atoms with Crippen LogP contribution in [0, 0.1) is 5.92 Å². The second-order valence-corrected chi connectivity index (χ2v) is 7.75. The SMILES string of the molecule is CC.CC(C)CC(OO)C(=O)OC(C)(C)C.[NH-]C[n+]1cccc(C(=O)NCCO[NH2+]O)c1.[Y]. The average molecular weight is 550 g/mol. The van der Waals surface area contributed by atoms with E-state index >= 15 is 0 Å². The molecule has 0 bridgehead atoms. The Kier molecular flexibility index (Phi) is 23.8. The van der Waals surface area contributed by atoms with Gasteiger partial charge in [0.25, 0.3) is 5.91 Å². The maximum absolute atomic E-state index is 11.6. The zero-order valence-corrected chi connectivity index (χ0v) is 23.7. The molecular weight excluding hydrogens is 509 g/mol. The number of carbonyl (C=O) groups excluding carboxylic acids is 2. The van der Waals surface area contributed by atoms with Crippen LogP contribution in [-0.4, -0.2) is 47.2 Å². The molecule has 0 spiro atoms. The standard InChI is InChI=1S/C10H20O4.C9H14N4O3.C2H6.Y/c1-7(2)6-8(14-12)9(11)13-10(3,4)5;10-7-13-4-1-2-8(6-13)9(14)11-3-5-16-12-15;1-2;/h7-8,12H,6H2,1-5H3;1-2,4,6,10,15H,3,5,7,12H2;1-2H3;/p+1. The molecule has 1 aromatic heterocycles. The van der Waals surface area contributed by atoms with Crippen molar-refractivity contribution >= 4 is 11.9 Å². The first-order chi connectivity index (χ1) is 15.0. The Morgan fingerprint density at radius 2 is 1.88 bits per heavy atom. The van der Waals surface area contributed by atoms with Gasteiger partial charge in [-0.25, -0.2) is 14.2 Å². The summed E-state index contributed by atoms with van der Waals surface area (Å²) in [6, 6.07) is 3.38. The first-order valence-corrected chi connectivity index (χ1v) is 10.6. The molecule has 1 heterocycles. The van der Waals surface area contributed by atoms with E-state index in [9.17, 15) is 9.59 Å². The quantitative estimate of drug-likeness (QED) is 0.114. The summed E-state index contributed by atoms with van der Waals surface area (Å²) in [6.45, 7) is 13.8. The summed E-state index contributed by atoms with van der Waals surface area (Å²) in [7, 11) is 0. The molecule has 0 aliphatic heterocycles. The molecule has 1 atom stereocenters. The fourth-order valence-electron chi connectivity index (χ4n) is 2.11. The molecule has 0 aromatic carbocycles. The molecule has 6 N–H and O–H groups in total. The number of nitrogens with one attached hydrogen (secondary N) is 2. The fraction of sp³-hybridized carbons (Fsp3) is 0.667. The third-order valence-electron chi connectivity index (χ3n) is 3.37. The Labute approximate surface area is 222 Å². The first-order valence-electron chi connectivity index (χ1n) is 10.6. The van der Waals surface area contributed by atoms with Crippen LogP contribution in [0.25, 0.3) is 5.73 Å². The van der Waals surface area contributed by atoms with Crippen LogP contribution in [-0.2, 0) is 58.6 Å². The van der Waals surface area contributed by atoms with Gasteiger partial charge in [0, 0.05) is 45.3 Å². The topological polar surface area (TPSA) is 159 Å². The molecule has 1 rings (SSSR count). The molecule has 0 saturated carbocycles. The minimum absolute atomic E-state index is 0. The molecule has 189 valence electrons. The number of esters is 1. The van der Waals surface area contributed by atoms with Crippen LogP contribution in [0.1, 0.15) is 65.2 Å². The van der Waals surface area contributed by atoms with E-state index in [4.69, 9.17) is 20.9 Å². The number of hydrogen-bond acceptors (Lipinski definition) is 7. The van der Waals surface area contributed by atoms with Crippen molar-refractivity contribution in [1.29, 1.82) is 0 Å². The number of ether oxygens (including phenoxy) is 1. The van der Waals surface area contributed by atoms with E-state index in [-0.39, 0.29) is 57.8 Å². The zero-order chi connectivity index (χ0) is 25.2. The number of hydrogen-bond donors (Lipinski definition) is 4. The monoisotopic (exact) mass is 550 g/mol. The van der Waals surface area contributed by atoms with Crippen molar-refractivity contribution in [1.82, 2.24) is 5.32 Å². The molecule has 0 saturated heterocycles. The predicted octanol–water partition coefficient (Wildman–Crippen LogP) is 1.85. The molecule has 1 radical (unpaired) electrons. The number of amides is 1. The zero-order valence-electron chi connectivity index (χ0n) is 20.8. The Morgan fingerprint density at radius 1 is 1.27 bits per heavy atom. The minimum atomic E-state index is -0.880. The molecular formula is C21H41N4O7Y+. The molecule has 12 heteroatoms. The van der Waals surface area contributed by atoms with Gasteiger partial charge in [-0.05, 0) is 39.2 Å². The summed E-state index contributed by atoms with van der Waals surface area (Å²) in [4.78, 5) is 31.6. The van der Waals surface area contributed by atoms with E-state index in [0.717, 1.165) is 0 Å². The summed E-state index contributed by atoms with van der Waals surface area (Å²) < 4.78 is 6.66. The van der Waals surface area contributed by atoms with Gasteiger partial charge >= 0.3 is 5.97 Å². The smallest absolute Gasteiger partial charge is 0.339 e. The second kappa shape index (κ2) is 21.5. The van der Waals surface area contributed by atoms with Crippen molar-refractivity contribution in [3.05, 3.63) is 35.8 Å². The summed E-state index contributed by atoms with van der Waals surface area (Å²) >= 11 is 0. The van der Waals surface area contributed by atoms with E-state index < -0.39 is 17.7 Å². The minimum Gasteiger partial charge on any atom is -0.619 e. The van der Waals surface area contributed by atoms with Crippen LogP contribution in [0.15, 0.2) is 24.5 Å². The van der Waals surface area contributed by atoms with Crippen LogP contribution in [0.3, 0.4) is 0 Å². The maximum atomic E-state index is 11.6. The summed E-state index contributed by atoms with van der Waals surface area (Å²) in [5.74, 6) is -0.488. The molecule has 1 aromatic rings. The molecule has 11 nitrogen and oxygen atoms in total. The van der Waals surface area contributed by atoms with Crippen molar-refractivity contribution in [3.63, 3.8) is 0 Å². The van der Waals surface area contributed by atoms with E-state index in [1.807, 2.05) is 27.7 Å². The second-order valence-electron chi connectivity index (χ2n) is 7.75. The summed E-state index contributed by atoms with van der Waals surface area (Å²) in [5, 5.41) is 19.4. The van der Waals surface area contributed by atoms with Crippen LogP contribution in [0.5, 0.6) is 0 Å². The Morgan fingerprint density at radius 3 is 2.33 bits per heavy atom. The molecule has 0 aliphatic carbocycles. The Bertz CT molecular complexity index is 643. The number of nitrogens with two attached hydrogens (primary N) is 1. The van der Waals surface area contributed by atoms with Crippen LogP contribution < -0.4 is 15.5 Å². The Hall–Kier alpha value is -1.05. The van der Waals surface area contributed by atoms with Gasteiger partial charge in [0.15, 0.2) is 18.5 Å². The number of pyridine rings is 1. The van der Waals surface area contributed by atoms with Gasteiger partial charge in [0.05, 0.1) is 6.67 Å². The molecule has 0 fully saturated rings. The third-order valence-corrected chi connectivity index (χ3v) is 3.37. The van der Waals surface area contributed by atoms with E-state index in [0.29, 0.717) is 24.2 Å². The molecule has 1 unspecified atom stereocenters. The van der Waals surface area contributed by atoms with Crippen molar-refractivity contribution < 1.29 is 77.4 Å². The van der Waals surface area contributed by atoms with Gasteiger partial charge in [-0.15, -0.1) is 0 Å². The largest absolute Gasteiger partial charge is 0.619 e. The van der Waals surface area contributed by atoms with Gasteiger partial charge in [0.2, 0.25) is 0 Å². The van der Waals surface area contributed by atoms with Gasteiger partial charge in [0.1, 0.15) is 17.8 Å². The number of rotatable bonds is 10. The van der Waals surface area contributed by atoms with Crippen molar-refractivity contribution in [2.24, 2.45) is 5.92 Å². The normalized spacial score (nSPS) is 11.1. The van der Waals surface area contributed by atoms with Crippen molar-refractivity contribution in [3.8, 4) is 0 Å². The van der Waals surface area contributed by atoms with Gasteiger partial charge in [-0.1, -0.05) is 33.3 Å². The third kappa shape index (κ3) is 20.1. The van der Waals surface area contributed by atoms with Gasteiger partial charge in [-0.2, -0.15) is 10.0 Å². The van der Waals surface area contributed by atoms with Crippen molar-refractivity contribution in [2.75, 3.05) is 13.2 Å². The number of aromatic nitrogens is 1. The van der Waals surface area contributed by atoms with E-state index in [1.165, 1.54) is 0 Å². The van der Waals surface area contributed by atoms with Crippen LogP contribution in [0.2, 0.25) is 0 Å². The first kappa shape index (κ1) is 36.5. The maximum Gasteiger partial charge on any atom is 0.339 e. The number of carbonyl (C=O) groups is 2. The molecule has 33 heavy (non-hydrogen) atoms. The Balaban J connectivity index is -0.000000497. The van der Waals surface area contributed by atoms with Crippen LogP contribution >= 0.6 is 0 Å². The number of nitrogens with zero attached hydrogens (tertiary/aromatic N) is 1.